The van der Waals surface area contributed by atoms with E-state index < -0.39 is 10.0 Å². The first kappa shape index (κ1) is 14.5. The third-order valence-electron chi connectivity index (χ3n) is 3.46. The number of benzene rings is 1. The monoisotopic (exact) mass is 284 g/mol. The summed E-state index contributed by atoms with van der Waals surface area (Å²) in [6.45, 7) is 0.318. The highest BCUT2D eigenvalue weighted by molar-refractivity contribution is 7.89. The Hall–Kier alpha value is -0.950. The number of aliphatic hydroxyl groups excluding tert-OH is 1. The second-order valence-corrected chi connectivity index (χ2v) is 6.69. The van der Waals surface area contributed by atoms with Crippen molar-refractivity contribution in [1.82, 2.24) is 4.72 Å². The molecule has 0 amide bonds. The second kappa shape index (κ2) is 6.00. The Labute approximate surface area is 113 Å². The molecule has 0 heterocycles. The molecule has 106 valence electrons. The molecule has 5 nitrogen and oxygen atoms in total. The van der Waals surface area contributed by atoms with E-state index in [1.54, 1.807) is 24.3 Å². The Morgan fingerprint density at radius 3 is 2.58 bits per heavy atom. The maximum atomic E-state index is 12.2. The van der Waals surface area contributed by atoms with Gasteiger partial charge in [0, 0.05) is 12.6 Å². The van der Waals surface area contributed by atoms with Crippen molar-refractivity contribution in [3.8, 4) is 0 Å². The lowest BCUT2D eigenvalue weighted by Gasteiger charge is -2.26. The average Bonchev–Trinajstić information content (AvgIpc) is 2.41. The van der Waals surface area contributed by atoms with Crippen molar-refractivity contribution >= 4 is 10.0 Å². The minimum atomic E-state index is -3.50. The van der Waals surface area contributed by atoms with Crippen LogP contribution in [0.2, 0.25) is 0 Å². The van der Waals surface area contributed by atoms with Gasteiger partial charge >= 0.3 is 0 Å². The summed E-state index contributed by atoms with van der Waals surface area (Å²) in [5.74, 6) is 0. The van der Waals surface area contributed by atoms with E-state index in [1.165, 1.54) is 0 Å². The minimum absolute atomic E-state index is 0.0880. The van der Waals surface area contributed by atoms with E-state index in [4.69, 9.17) is 5.73 Å². The van der Waals surface area contributed by atoms with Gasteiger partial charge in [0.2, 0.25) is 10.0 Å². The molecule has 0 aromatic heterocycles. The van der Waals surface area contributed by atoms with Gasteiger partial charge in [-0.15, -0.1) is 0 Å². The van der Waals surface area contributed by atoms with E-state index in [0.29, 0.717) is 32.2 Å². The zero-order valence-corrected chi connectivity index (χ0v) is 11.6. The van der Waals surface area contributed by atoms with Gasteiger partial charge in [-0.05, 0) is 43.4 Å². The summed E-state index contributed by atoms with van der Waals surface area (Å²) in [5.41, 5.74) is 6.31. The van der Waals surface area contributed by atoms with Crippen LogP contribution in [0, 0.1) is 0 Å². The number of hydrogen-bond donors (Lipinski definition) is 3. The van der Waals surface area contributed by atoms with Gasteiger partial charge in [-0.1, -0.05) is 12.1 Å². The number of hydrogen-bond acceptors (Lipinski definition) is 4. The first-order valence-electron chi connectivity index (χ1n) is 6.50. The van der Waals surface area contributed by atoms with Crippen LogP contribution in [-0.2, 0) is 16.6 Å². The predicted octanol–water partition coefficient (Wildman–Crippen LogP) is 0.727. The van der Waals surface area contributed by atoms with Gasteiger partial charge < -0.3 is 10.8 Å². The van der Waals surface area contributed by atoms with Gasteiger partial charge in [-0.3, -0.25) is 0 Å². The predicted molar refractivity (Wildman–Crippen MR) is 72.9 cm³/mol. The molecule has 19 heavy (non-hydrogen) atoms. The maximum absolute atomic E-state index is 12.2. The molecule has 0 radical (unpaired) electrons. The summed E-state index contributed by atoms with van der Waals surface area (Å²) in [6.07, 6.45) is 2.36. The third-order valence-corrected chi connectivity index (χ3v) is 4.98. The lowest BCUT2D eigenvalue weighted by molar-refractivity contribution is 0.120. The van der Waals surface area contributed by atoms with Crippen molar-refractivity contribution in [2.45, 2.75) is 49.3 Å². The summed E-state index contributed by atoms with van der Waals surface area (Å²) in [7, 11) is -3.50. The number of nitrogens with two attached hydrogens (primary N) is 1. The Morgan fingerprint density at radius 1 is 1.26 bits per heavy atom. The fourth-order valence-electron chi connectivity index (χ4n) is 2.32. The molecule has 0 bridgehead atoms. The Morgan fingerprint density at radius 2 is 1.95 bits per heavy atom. The van der Waals surface area contributed by atoms with E-state index in [9.17, 15) is 13.5 Å². The quantitative estimate of drug-likeness (QED) is 0.760. The van der Waals surface area contributed by atoms with E-state index in [2.05, 4.69) is 4.72 Å². The lowest BCUT2D eigenvalue weighted by Crippen LogP contribution is -2.38. The van der Waals surface area contributed by atoms with Crippen LogP contribution in [0.3, 0.4) is 0 Å². The highest BCUT2D eigenvalue weighted by Crippen LogP contribution is 2.20. The molecular weight excluding hydrogens is 264 g/mol. The van der Waals surface area contributed by atoms with Crippen LogP contribution in [-0.4, -0.2) is 25.7 Å². The highest BCUT2D eigenvalue weighted by atomic mass is 32.2. The van der Waals surface area contributed by atoms with Crippen molar-refractivity contribution in [3.05, 3.63) is 29.8 Å². The molecule has 0 unspecified atom stereocenters. The highest BCUT2D eigenvalue weighted by Gasteiger charge is 2.24. The second-order valence-electron chi connectivity index (χ2n) is 4.98. The van der Waals surface area contributed by atoms with Crippen molar-refractivity contribution < 1.29 is 13.5 Å². The average molecular weight is 284 g/mol. The lowest BCUT2D eigenvalue weighted by atomic mass is 9.94. The topological polar surface area (TPSA) is 92.4 Å². The zero-order chi connectivity index (χ0) is 13.9. The van der Waals surface area contributed by atoms with E-state index in [-0.39, 0.29) is 17.0 Å². The molecule has 1 aliphatic carbocycles. The smallest absolute Gasteiger partial charge is 0.240 e. The van der Waals surface area contributed by atoms with Crippen molar-refractivity contribution in [2.75, 3.05) is 0 Å². The van der Waals surface area contributed by atoms with E-state index in [0.717, 1.165) is 5.56 Å². The van der Waals surface area contributed by atoms with E-state index in [1.807, 2.05) is 0 Å². The first-order valence-corrected chi connectivity index (χ1v) is 7.99. The van der Waals surface area contributed by atoms with Gasteiger partial charge in [-0.25, -0.2) is 13.1 Å². The fraction of sp³-hybridized carbons (Fsp3) is 0.538. The largest absolute Gasteiger partial charge is 0.393 e. The van der Waals surface area contributed by atoms with Gasteiger partial charge in [0.1, 0.15) is 0 Å². The maximum Gasteiger partial charge on any atom is 0.240 e. The number of nitrogens with one attached hydrogen (secondary N) is 1. The molecule has 1 saturated carbocycles. The summed E-state index contributed by atoms with van der Waals surface area (Å²) in [6, 6.07) is 6.58. The van der Waals surface area contributed by atoms with Gasteiger partial charge in [0.15, 0.2) is 0 Å². The Kier molecular flexibility index (Phi) is 4.57. The van der Waals surface area contributed by atoms with E-state index >= 15 is 0 Å². The molecule has 6 heteroatoms. The molecule has 2 rings (SSSR count). The Bertz CT molecular complexity index is 522. The van der Waals surface area contributed by atoms with Crippen LogP contribution < -0.4 is 10.5 Å². The normalized spacial score (nSPS) is 24.3. The van der Waals surface area contributed by atoms with Crippen molar-refractivity contribution in [2.24, 2.45) is 5.73 Å². The summed E-state index contributed by atoms with van der Waals surface area (Å²) in [4.78, 5) is 0.251. The zero-order valence-electron chi connectivity index (χ0n) is 10.7. The minimum Gasteiger partial charge on any atom is -0.393 e. The number of aliphatic hydroxyl groups is 1. The summed E-state index contributed by atoms with van der Waals surface area (Å²) in [5, 5.41) is 9.42. The molecule has 0 aliphatic heterocycles. The molecule has 0 saturated heterocycles. The first-order chi connectivity index (χ1) is 9.01. The van der Waals surface area contributed by atoms with Crippen LogP contribution in [0.1, 0.15) is 31.2 Å². The molecule has 1 aromatic carbocycles. The van der Waals surface area contributed by atoms with Crippen molar-refractivity contribution in [3.63, 3.8) is 0 Å². The van der Waals surface area contributed by atoms with Crippen LogP contribution in [0.15, 0.2) is 29.2 Å². The molecule has 1 aromatic rings. The SMILES string of the molecule is NCc1cccc(S(=O)(=O)NC2CCC(O)CC2)c1. The van der Waals surface area contributed by atoms with Crippen LogP contribution in [0.4, 0.5) is 0 Å². The number of rotatable bonds is 4. The molecule has 0 spiro atoms. The summed E-state index contributed by atoms with van der Waals surface area (Å²) >= 11 is 0. The molecule has 4 N–H and O–H groups in total. The van der Waals surface area contributed by atoms with Crippen LogP contribution in [0.25, 0.3) is 0 Å². The molecular formula is C13H20N2O3S. The van der Waals surface area contributed by atoms with Gasteiger partial charge in [0.05, 0.1) is 11.0 Å². The fourth-order valence-corrected chi connectivity index (χ4v) is 3.70. The van der Waals surface area contributed by atoms with Crippen molar-refractivity contribution in [1.29, 1.82) is 0 Å². The Balaban J connectivity index is 2.09. The van der Waals surface area contributed by atoms with Crippen LogP contribution in [0.5, 0.6) is 0 Å². The van der Waals surface area contributed by atoms with Gasteiger partial charge in [-0.2, -0.15) is 0 Å². The molecule has 0 atom stereocenters. The standard InChI is InChI=1S/C13H20N2O3S/c14-9-10-2-1-3-13(8-10)19(17,18)15-11-4-6-12(16)7-5-11/h1-3,8,11-12,15-16H,4-7,9,14H2. The number of sulfonamides is 1. The van der Waals surface area contributed by atoms with Crippen LogP contribution >= 0.6 is 0 Å². The summed E-state index contributed by atoms with van der Waals surface area (Å²) < 4.78 is 27.2. The third kappa shape index (κ3) is 3.76. The van der Waals surface area contributed by atoms with Gasteiger partial charge in [0.25, 0.3) is 0 Å². The molecule has 1 aliphatic rings. The molecule has 1 fully saturated rings.